The van der Waals surface area contributed by atoms with Crippen LogP contribution in [0.1, 0.15) is 25.7 Å². The Bertz CT molecular complexity index is 584. The lowest BCUT2D eigenvalue weighted by atomic mass is 10.1. The van der Waals surface area contributed by atoms with Crippen LogP contribution in [0.15, 0.2) is 21.9 Å². The maximum Gasteiger partial charge on any atom is 0.328 e. The molecule has 0 aromatic carbocycles. The quantitative estimate of drug-likeness (QED) is 0.774. The van der Waals surface area contributed by atoms with Crippen molar-refractivity contribution in [2.45, 2.75) is 38.3 Å². The Kier molecular flexibility index (Phi) is 3.00. The molecule has 2 saturated carbocycles. The number of nitrogens with one attached hydrogen (secondary N) is 2. The number of nitrogens with zero attached hydrogens (tertiary/aromatic N) is 1. The molecule has 0 unspecified atom stereocenters. The van der Waals surface area contributed by atoms with Crippen molar-refractivity contribution in [1.29, 1.82) is 0 Å². The Morgan fingerprint density at radius 1 is 1.32 bits per heavy atom. The van der Waals surface area contributed by atoms with Crippen LogP contribution in [0, 0.1) is 11.8 Å². The Balaban J connectivity index is 1.64. The summed E-state index contributed by atoms with van der Waals surface area (Å²) >= 11 is 0. The predicted molar refractivity (Wildman–Crippen MR) is 68.7 cm³/mol. The number of rotatable bonds is 5. The molecule has 0 aliphatic heterocycles. The molecule has 1 aromatic heterocycles. The number of hydrogen-bond acceptors (Lipinski definition) is 3. The van der Waals surface area contributed by atoms with E-state index in [1.165, 1.54) is 42.5 Å². The molecule has 2 aliphatic carbocycles. The lowest BCUT2D eigenvalue weighted by Gasteiger charge is -2.17. The second kappa shape index (κ2) is 4.68. The van der Waals surface area contributed by atoms with Crippen molar-refractivity contribution >= 4 is 5.91 Å². The van der Waals surface area contributed by atoms with Gasteiger partial charge in [0.15, 0.2) is 0 Å². The molecular weight excluding hydrogens is 246 g/mol. The fraction of sp³-hybridized carbons (Fsp3) is 0.615. The zero-order valence-corrected chi connectivity index (χ0v) is 10.6. The van der Waals surface area contributed by atoms with Gasteiger partial charge in [-0.1, -0.05) is 0 Å². The normalized spacial score (nSPS) is 18.6. The molecule has 3 rings (SSSR count). The zero-order chi connectivity index (χ0) is 13.4. The highest BCUT2D eigenvalue weighted by Gasteiger charge is 2.42. The average molecular weight is 263 g/mol. The summed E-state index contributed by atoms with van der Waals surface area (Å²) in [4.78, 5) is 36.5. The van der Waals surface area contributed by atoms with E-state index in [2.05, 4.69) is 10.3 Å². The van der Waals surface area contributed by atoms with Crippen molar-refractivity contribution in [1.82, 2.24) is 14.9 Å². The molecular formula is C13H17N3O3. The molecule has 6 heteroatoms. The number of aromatic nitrogens is 2. The van der Waals surface area contributed by atoms with Crippen LogP contribution < -0.4 is 16.6 Å². The van der Waals surface area contributed by atoms with Gasteiger partial charge in [-0.05, 0) is 37.5 Å². The van der Waals surface area contributed by atoms with Gasteiger partial charge in [0, 0.05) is 18.3 Å². The average Bonchev–Trinajstić information content (AvgIpc) is 3.24. The summed E-state index contributed by atoms with van der Waals surface area (Å²) in [6, 6.07) is 1.53. The van der Waals surface area contributed by atoms with E-state index in [-0.39, 0.29) is 18.5 Å². The van der Waals surface area contributed by atoms with Crippen LogP contribution in [0.2, 0.25) is 0 Å². The minimum atomic E-state index is -0.544. The van der Waals surface area contributed by atoms with E-state index in [0.29, 0.717) is 11.8 Å². The highest BCUT2D eigenvalue weighted by Crippen LogP contribution is 2.44. The molecule has 2 fully saturated rings. The topological polar surface area (TPSA) is 84.0 Å². The summed E-state index contributed by atoms with van der Waals surface area (Å²) in [5.74, 6) is 1.10. The van der Waals surface area contributed by atoms with Crippen molar-refractivity contribution in [3.63, 3.8) is 0 Å². The third-order valence-electron chi connectivity index (χ3n) is 3.80. The standard InChI is InChI=1S/C13H17N3O3/c17-10-5-6-16(13(19)15-10)7-11(18)14-12(8-1-2-8)9-3-4-9/h5-6,8-9,12H,1-4,7H2,(H,14,18)(H,15,17,19). The molecule has 102 valence electrons. The summed E-state index contributed by atoms with van der Waals surface area (Å²) < 4.78 is 1.22. The van der Waals surface area contributed by atoms with Crippen LogP contribution >= 0.6 is 0 Å². The van der Waals surface area contributed by atoms with E-state index < -0.39 is 11.2 Å². The largest absolute Gasteiger partial charge is 0.351 e. The van der Waals surface area contributed by atoms with Crippen LogP contribution in [0.3, 0.4) is 0 Å². The molecule has 0 bridgehead atoms. The molecule has 19 heavy (non-hydrogen) atoms. The van der Waals surface area contributed by atoms with Crippen LogP contribution in [0.5, 0.6) is 0 Å². The smallest absolute Gasteiger partial charge is 0.328 e. The Morgan fingerprint density at radius 3 is 2.47 bits per heavy atom. The van der Waals surface area contributed by atoms with Crippen molar-refractivity contribution < 1.29 is 4.79 Å². The van der Waals surface area contributed by atoms with Gasteiger partial charge >= 0.3 is 5.69 Å². The minimum Gasteiger partial charge on any atom is -0.351 e. The summed E-state index contributed by atoms with van der Waals surface area (Å²) in [5.41, 5.74) is -0.993. The minimum absolute atomic E-state index is 0.0362. The number of carbonyl (C=O) groups excluding carboxylic acids is 1. The molecule has 1 amide bonds. The first kappa shape index (κ1) is 12.2. The number of hydrogen-bond donors (Lipinski definition) is 2. The summed E-state index contributed by atoms with van der Waals surface area (Å²) in [5, 5.41) is 3.04. The fourth-order valence-electron chi connectivity index (χ4n) is 2.49. The van der Waals surface area contributed by atoms with Gasteiger partial charge in [-0.15, -0.1) is 0 Å². The maximum atomic E-state index is 12.0. The van der Waals surface area contributed by atoms with Gasteiger partial charge in [-0.3, -0.25) is 19.1 Å². The van der Waals surface area contributed by atoms with Crippen molar-refractivity contribution in [3.8, 4) is 0 Å². The highest BCUT2D eigenvalue weighted by molar-refractivity contribution is 5.76. The summed E-state index contributed by atoms with van der Waals surface area (Å²) in [7, 11) is 0. The third-order valence-corrected chi connectivity index (χ3v) is 3.80. The second-order valence-electron chi connectivity index (χ2n) is 5.51. The summed E-state index contributed by atoms with van der Waals surface area (Å²) in [6.07, 6.45) is 6.13. The van der Waals surface area contributed by atoms with Crippen LogP contribution in [0.25, 0.3) is 0 Å². The van der Waals surface area contributed by atoms with Crippen LogP contribution in [-0.4, -0.2) is 21.5 Å². The molecule has 0 spiro atoms. The summed E-state index contributed by atoms with van der Waals surface area (Å²) in [6.45, 7) is -0.0362. The first-order chi connectivity index (χ1) is 9.13. The van der Waals surface area contributed by atoms with Crippen molar-refractivity contribution in [3.05, 3.63) is 33.1 Å². The third kappa shape index (κ3) is 2.94. The number of aromatic amines is 1. The monoisotopic (exact) mass is 263 g/mol. The second-order valence-corrected chi connectivity index (χ2v) is 5.51. The first-order valence-electron chi connectivity index (χ1n) is 6.72. The van der Waals surface area contributed by atoms with Gasteiger partial charge < -0.3 is 5.32 Å². The van der Waals surface area contributed by atoms with E-state index in [1.807, 2.05) is 0 Å². The molecule has 1 aromatic rings. The SMILES string of the molecule is O=C(Cn1ccc(=O)[nH]c1=O)NC(C1CC1)C1CC1. The van der Waals surface area contributed by atoms with Gasteiger partial charge in [-0.25, -0.2) is 4.79 Å². The number of carbonyl (C=O) groups is 1. The molecule has 0 saturated heterocycles. The van der Waals surface area contributed by atoms with Crippen LogP contribution in [0.4, 0.5) is 0 Å². The molecule has 0 radical (unpaired) electrons. The predicted octanol–water partition coefficient (Wildman–Crippen LogP) is -0.159. The number of amides is 1. The Hall–Kier alpha value is -1.85. The number of H-pyrrole nitrogens is 1. The molecule has 6 nitrogen and oxygen atoms in total. The Labute approximate surface area is 109 Å². The zero-order valence-electron chi connectivity index (χ0n) is 10.6. The molecule has 2 aliphatic rings. The van der Waals surface area contributed by atoms with Crippen molar-refractivity contribution in [2.24, 2.45) is 11.8 Å². The van der Waals surface area contributed by atoms with Gasteiger partial charge in [0.05, 0.1) is 0 Å². The van der Waals surface area contributed by atoms with E-state index >= 15 is 0 Å². The van der Waals surface area contributed by atoms with Gasteiger partial charge in [-0.2, -0.15) is 0 Å². The van der Waals surface area contributed by atoms with Crippen molar-refractivity contribution in [2.75, 3.05) is 0 Å². The Morgan fingerprint density at radius 2 is 1.95 bits per heavy atom. The van der Waals surface area contributed by atoms with E-state index in [4.69, 9.17) is 0 Å². The molecule has 1 heterocycles. The first-order valence-corrected chi connectivity index (χ1v) is 6.72. The van der Waals surface area contributed by atoms with E-state index in [9.17, 15) is 14.4 Å². The molecule has 2 N–H and O–H groups in total. The lowest BCUT2D eigenvalue weighted by molar-refractivity contribution is -0.122. The van der Waals surface area contributed by atoms with E-state index in [0.717, 1.165) is 0 Å². The van der Waals surface area contributed by atoms with Gasteiger partial charge in [0.2, 0.25) is 5.91 Å². The van der Waals surface area contributed by atoms with Crippen LogP contribution in [-0.2, 0) is 11.3 Å². The fourth-order valence-corrected chi connectivity index (χ4v) is 2.49. The molecule has 0 atom stereocenters. The van der Waals surface area contributed by atoms with Gasteiger partial charge in [0.1, 0.15) is 6.54 Å². The van der Waals surface area contributed by atoms with Gasteiger partial charge in [0.25, 0.3) is 5.56 Å². The highest BCUT2D eigenvalue weighted by atomic mass is 16.2. The lowest BCUT2D eigenvalue weighted by Crippen LogP contribution is -2.42. The maximum absolute atomic E-state index is 12.0. The van der Waals surface area contributed by atoms with E-state index in [1.54, 1.807) is 0 Å².